The van der Waals surface area contributed by atoms with Gasteiger partial charge in [0.25, 0.3) is 0 Å². The van der Waals surface area contributed by atoms with E-state index in [0.717, 1.165) is 36.4 Å². The number of carbonyl (C=O) groups is 1. The Kier molecular flexibility index (Phi) is 7.17. The van der Waals surface area contributed by atoms with Crippen molar-refractivity contribution in [1.82, 2.24) is 24.9 Å². The van der Waals surface area contributed by atoms with Gasteiger partial charge in [-0.05, 0) is 51.2 Å². The molecule has 1 atom stereocenters. The molecule has 9 heteroatoms. The van der Waals surface area contributed by atoms with E-state index in [2.05, 4.69) is 53.8 Å². The van der Waals surface area contributed by atoms with Crippen molar-refractivity contribution in [1.29, 1.82) is 0 Å². The molecule has 0 bridgehead atoms. The standard InChI is InChI=1S/C21H31N7O2/c1-15(2)20(28-14-16(23-25-28)10-11-19(29)24-30)21-22-17-8-5-6-9-18(17)27(21)13-7-12-26(3)4/h5-6,8-10,15,20,30H,7,11-14H2,1-4H3,(H,24,29)/b16-10-. The molecule has 1 aliphatic rings. The van der Waals surface area contributed by atoms with Gasteiger partial charge in [0.05, 0.1) is 23.3 Å². The van der Waals surface area contributed by atoms with Gasteiger partial charge in [-0.1, -0.05) is 31.2 Å². The molecule has 0 aliphatic carbocycles. The summed E-state index contributed by atoms with van der Waals surface area (Å²) in [5.41, 5.74) is 4.45. The normalized spacial score (nSPS) is 16.4. The van der Waals surface area contributed by atoms with Crippen LogP contribution in [-0.4, -0.2) is 57.8 Å². The van der Waals surface area contributed by atoms with Gasteiger partial charge < -0.3 is 9.47 Å². The van der Waals surface area contributed by atoms with Gasteiger partial charge in [-0.15, -0.1) is 5.11 Å². The lowest BCUT2D eigenvalue weighted by Crippen LogP contribution is -2.29. The van der Waals surface area contributed by atoms with Crippen molar-refractivity contribution in [3.05, 3.63) is 41.9 Å². The number of hydroxylamine groups is 1. The Bertz CT molecular complexity index is 933. The van der Waals surface area contributed by atoms with Crippen molar-refractivity contribution >= 4 is 16.9 Å². The highest BCUT2D eigenvalue weighted by atomic mass is 16.5. The van der Waals surface area contributed by atoms with Crippen molar-refractivity contribution in [3.8, 4) is 0 Å². The Morgan fingerprint density at radius 1 is 1.33 bits per heavy atom. The monoisotopic (exact) mass is 413 g/mol. The van der Waals surface area contributed by atoms with Crippen LogP contribution in [0.2, 0.25) is 0 Å². The lowest BCUT2D eigenvalue weighted by Gasteiger charge is -2.28. The molecule has 0 radical (unpaired) electrons. The van der Waals surface area contributed by atoms with E-state index in [0.29, 0.717) is 12.2 Å². The first-order chi connectivity index (χ1) is 14.4. The van der Waals surface area contributed by atoms with E-state index >= 15 is 0 Å². The number of aromatic nitrogens is 2. The predicted molar refractivity (Wildman–Crippen MR) is 115 cm³/mol. The number of hydrogen-bond acceptors (Lipinski definition) is 7. The fourth-order valence-electron chi connectivity index (χ4n) is 3.74. The van der Waals surface area contributed by atoms with Crippen LogP contribution in [0.4, 0.5) is 0 Å². The van der Waals surface area contributed by atoms with E-state index in [1.54, 1.807) is 11.6 Å². The Labute approximate surface area is 177 Å². The zero-order valence-corrected chi connectivity index (χ0v) is 18.1. The molecule has 1 unspecified atom stereocenters. The summed E-state index contributed by atoms with van der Waals surface area (Å²) < 4.78 is 2.31. The van der Waals surface area contributed by atoms with E-state index in [-0.39, 0.29) is 18.4 Å². The number of para-hydroxylation sites is 2. The van der Waals surface area contributed by atoms with Crippen LogP contribution in [0.1, 0.15) is 38.6 Å². The molecule has 0 saturated carbocycles. The van der Waals surface area contributed by atoms with Crippen LogP contribution in [0.3, 0.4) is 0 Å². The molecule has 0 fully saturated rings. The summed E-state index contributed by atoms with van der Waals surface area (Å²) in [6, 6.07) is 8.17. The maximum absolute atomic E-state index is 11.3. The number of aryl methyl sites for hydroxylation is 1. The van der Waals surface area contributed by atoms with Crippen LogP contribution < -0.4 is 5.48 Å². The molecule has 2 heterocycles. The number of benzene rings is 1. The summed E-state index contributed by atoms with van der Waals surface area (Å²) in [6.07, 6.45) is 2.77. The first-order valence-electron chi connectivity index (χ1n) is 10.3. The van der Waals surface area contributed by atoms with Crippen LogP contribution in [0.25, 0.3) is 11.0 Å². The van der Waals surface area contributed by atoms with Crippen molar-refractivity contribution in [2.24, 2.45) is 16.3 Å². The summed E-state index contributed by atoms with van der Waals surface area (Å²) in [5.74, 6) is 0.769. The molecule has 0 spiro atoms. The second-order valence-corrected chi connectivity index (χ2v) is 8.18. The largest absolute Gasteiger partial charge is 0.326 e. The number of imidazole rings is 1. The minimum atomic E-state index is -0.473. The molecule has 1 amide bonds. The number of nitrogens with one attached hydrogen (secondary N) is 1. The predicted octanol–water partition coefficient (Wildman–Crippen LogP) is 3.15. The van der Waals surface area contributed by atoms with Crippen molar-refractivity contribution in [2.45, 2.75) is 39.3 Å². The van der Waals surface area contributed by atoms with Crippen LogP contribution in [0.15, 0.2) is 46.4 Å². The van der Waals surface area contributed by atoms with Gasteiger partial charge in [0.15, 0.2) is 0 Å². The third-order valence-electron chi connectivity index (χ3n) is 5.15. The van der Waals surface area contributed by atoms with Crippen molar-refractivity contribution in [2.75, 3.05) is 27.2 Å². The summed E-state index contributed by atoms with van der Waals surface area (Å²) in [5, 5.41) is 19.2. The minimum Gasteiger partial charge on any atom is -0.326 e. The zero-order chi connectivity index (χ0) is 21.7. The van der Waals surface area contributed by atoms with E-state index in [9.17, 15) is 4.79 Å². The van der Waals surface area contributed by atoms with Crippen molar-refractivity contribution in [3.63, 3.8) is 0 Å². The molecule has 0 saturated heterocycles. The molecule has 30 heavy (non-hydrogen) atoms. The number of hydrogen-bond donors (Lipinski definition) is 2. The van der Waals surface area contributed by atoms with E-state index < -0.39 is 5.91 Å². The summed E-state index contributed by atoms with van der Waals surface area (Å²) in [4.78, 5) is 18.5. The molecule has 1 aromatic heterocycles. The molecule has 162 valence electrons. The Morgan fingerprint density at radius 2 is 2.10 bits per heavy atom. The molecular formula is C21H31N7O2. The lowest BCUT2D eigenvalue weighted by atomic mass is 10.0. The van der Waals surface area contributed by atoms with Gasteiger partial charge in [-0.2, -0.15) is 0 Å². The Morgan fingerprint density at radius 3 is 2.80 bits per heavy atom. The number of rotatable bonds is 9. The first kappa shape index (κ1) is 21.9. The molecule has 2 N–H and O–H groups in total. The highest BCUT2D eigenvalue weighted by Crippen LogP contribution is 2.34. The van der Waals surface area contributed by atoms with Gasteiger partial charge in [-0.3, -0.25) is 15.0 Å². The Hall–Kier alpha value is -2.78. The van der Waals surface area contributed by atoms with Gasteiger partial charge in [-0.25, -0.2) is 10.5 Å². The molecular weight excluding hydrogens is 382 g/mol. The number of nitrogens with zero attached hydrogens (tertiary/aromatic N) is 6. The van der Waals surface area contributed by atoms with Crippen LogP contribution in [0, 0.1) is 5.92 Å². The maximum Gasteiger partial charge on any atom is 0.247 e. The average Bonchev–Trinajstić information content (AvgIpc) is 3.31. The molecule has 1 aliphatic heterocycles. The number of amides is 1. The molecule has 9 nitrogen and oxygen atoms in total. The lowest BCUT2D eigenvalue weighted by molar-refractivity contribution is -0.128. The van der Waals surface area contributed by atoms with E-state index in [1.165, 1.54) is 0 Å². The second kappa shape index (κ2) is 9.82. The number of carbonyl (C=O) groups excluding carboxylic acids is 1. The minimum absolute atomic E-state index is 0.0434. The molecule has 3 rings (SSSR count). The van der Waals surface area contributed by atoms with Crippen LogP contribution >= 0.6 is 0 Å². The summed E-state index contributed by atoms with van der Waals surface area (Å²) >= 11 is 0. The third kappa shape index (κ3) is 5.03. The molecule has 2 aromatic rings. The quantitative estimate of drug-likeness (QED) is 0.486. The van der Waals surface area contributed by atoms with Gasteiger partial charge in [0.1, 0.15) is 11.9 Å². The van der Waals surface area contributed by atoms with Crippen LogP contribution in [-0.2, 0) is 11.3 Å². The topological polar surface area (TPSA) is 98.4 Å². The average molecular weight is 414 g/mol. The highest BCUT2D eigenvalue weighted by Gasteiger charge is 2.31. The SMILES string of the molecule is CC(C)C(c1nc2ccccc2n1CCCN(C)C)N1C/C(=C/CC(=O)NO)N=N1. The summed E-state index contributed by atoms with van der Waals surface area (Å²) in [6.45, 7) is 6.70. The smallest absolute Gasteiger partial charge is 0.247 e. The van der Waals surface area contributed by atoms with Crippen molar-refractivity contribution < 1.29 is 10.0 Å². The zero-order valence-electron chi connectivity index (χ0n) is 18.1. The molecule has 1 aromatic carbocycles. The van der Waals surface area contributed by atoms with Gasteiger partial charge >= 0.3 is 0 Å². The third-order valence-corrected chi connectivity index (χ3v) is 5.15. The second-order valence-electron chi connectivity index (χ2n) is 8.18. The first-order valence-corrected chi connectivity index (χ1v) is 10.3. The fraction of sp³-hybridized carbons (Fsp3) is 0.524. The number of fused-ring (bicyclic) bond motifs is 1. The van der Waals surface area contributed by atoms with Gasteiger partial charge in [0.2, 0.25) is 5.91 Å². The van der Waals surface area contributed by atoms with E-state index in [1.807, 2.05) is 23.2 Å². The fourth-order valence-corrected chi connectivity index (χ4v) is 3.74. The highest BCUT2D eigenvalue weighted by molar-refractivity contribution is 5.76. The Balaban J connectivity index is 1.89. The van der Waals surface area contributed by atoms with Crippen LogP contribution in [0.5, 0.6) is 0 Å². The summed E-state index contributed by atoms with van der Waals surface area (Å²) in [7, 11) is 4.17. The van der Waals surface area contributed by atoms with E-state index in [4.69, 9.17) is 10.2 Å². The van der Waals surface area contributed by atoms with Gasteiger partial charge in [0, 0.05) is 13.0 Å². The maximum atomic E-state index is 11.3.